The summed E-state index contributed by atoms with van der Waals surface area (Å²) in [7, 11) is 0. The molecule has 672 valence electrons. The molecule has 0 fully saturated rings. The van der Waals surface area contributed by atoms with Crippen molar-refractivity contribution < 1.29 is 17.7 Å². The summed E-state index contributed by atoms with van der Waals surface area (Å²) in [6.07, 6.45) is 3.69. The Kier molecular flexibility index (Phi) is 19.9. The number of aromatic nitrogens is 12. The van der Waals surface area contributed by atoms with E-state index >= 15 is 0 Å². The van der Waals surface area contributed by atoms with Crippen molar-refractivity contribution in [1.29, 1.82) is 0 Å². The smallest absolute Gasteiger partial charge is 0.183 e. The van der Waals surface area contributed by atoms with Gasteiger partial charge in [0.1, 0.15) is 50.3 Å². The van der Waals surface area contributed by atoms with Gasteiger partial charge >= 0.3 is 0 Å². The SMILES string of the molecule is c1ccc(-c2nc(-c3ccccc3)nc(-c3ccc(-c4cccc5c4sc4ccccc45)c4oc5cc6ccccc6nc5c34)n2)cc1.c1ccc(-c2nc(-c3ccccc3)nc(-c3ccc(-c4cccc5c4sc4ccccc45)c4oc5cc6cccnc6cc5c34)n2)cc1.c1ccc(-c2nc(-c3ccccc3)nc(-c3ncc(-c4cccc5c4oc4ccccc45)c4oc5cc6ccccc6cc5c34)n2)cc1. The molecule has 0 spiro atoms. The van der Waals surface area contributed by atoms with Crippen molar-refractivity contribution in [1.82, 2.24) is 59.8 Å². The second-order valence-electron chi connectivity index (χ2n) is 35.5. The van der Waals surface area contributed by atoms with E-state index in [1.165, 1.54) is 40.3 Å². The summed E-state index contributed by atoms with van der Waals surface area (Å²) in [5.41, 5.74) is 22.6. The van der Waals surface area contributed by atoms with Crippen molar-refractivity contribution in [3.8, 4) is 136 Å². The van der Waals surface area contributed by atoms with Crippen LogP contribution >= 0.6 is 22.7 Å². The molecule has 30 rings (SSSR count). The molecule has 0 unspecified atom stereocenters. The molecular weight excluding hydrogens is 1810 g/mol. The van der Waals surface area contributed by atoms with Crippen LogP contribution in [0.3, 0.4) is 0 Å². The van der Waals surface area contributed by atoms with E-state index < -0.39 is 0 Å². The minimum atomic E-state index is 0.470. The normalized spacial score (nSPS) is 11.8. The molecule has 16 nitrogen and oxygen atoms in total. The first-order chi connectivity index (χ1) is 71.3. The van der Waals surface area contributed by atoms with Gasteiger partial charge in [-0.05, 0) is 95.7 Å². The molecule has 0 bridgehead atoms. The van der Waals surface area contributed by atoms with Gasteiger partial charge in [0.2, 0.25) is 0 Å². The summed E-state index contributed by atoms with van der Waals surface area (Å²) in [5.74, 6) is 5.22. The fourth-order valence-electron chi connectivity index (χ4n) is 20.1. The number of benzene rings is 18. The molecule has 0 aliphatic heterocycles. The van der Waals surface area contributed by atoms with Gasteiger partial charge in [0.25, 0.3) is 0 Å². The standard InChI is InChI=1S/C42H24N4O2.2C42H24N4OS/c1-3-12-25(13-4-1)40-44-41(26-14-5-2-6-15-26)46-42(45-40)37-36-32-22-27-16-7-8-17-28(27)23-35(32)48-39(36)33(24-43-37)31-20-11-19-30-29-18-9-10-21-34(29)47-38(30)31;1-3-12-25(13-4-1)40-44-41(26-14-5-2-6-15-26)46-42(45-40)32-23-22-29(31-19-11-18-30-28-17-8-10-21-35(28)48-39(30)31)38-36(32)37-34(47-38)24-27-16-7-9-20-33(27)43-37;1-3-11-25(12-4-1)40-44-41(26-13-5-2-6-14-26)46-42(45-40)32-21-20-29(31-18-9-17-30-28-16-7-8-19-36(28)48-39(30)31)38-37(32)33-24-34-27(15-10-22-43-34)23-35(33)47-38/h3*1-24H. The molecule has 0 saturated carbocycles. The van der Waals surface area contributed by atoms with Crippen LogP contribution in [0, 0.1) is 0 Å². The maximum atomic E-state index is 6.87. The maximum Gasteiger partial charge on any atom is 0.183 e. The molecule has 18 heteroatoms. The number of pyridine rings is 3. The van der Waals surface area contributed by atoms with Crippen molar-refractivity contribution >= 4 is 183 Å². The van der Waals surface area contributed by atoms with Gasteiger partial charge in [0.15, 0.2) is 58.0 Å². The molecule has 0 aliphatic rings. The van der Waals surface area contributed by atoms with Crippen LogP contribution in [-0.2, 0) is 0 Å². The third kappa shape index (κ3) is 14.4. The van der Waals surface area contributed by atoms with Crippen molar-refractivity contribution in [3.63, 3.8) is 0 Å². The van der Waals surface area contributed by atoms with Gasteiger partial charge in [0.05, 0.1) is 21.8 Å². The van der Waals surface area contributed by atoms with Gasteiger partial charge in [-0.25, -0.2) is 49.8 Å². The highest BCUT2D eigenvalue weighted by atomic mass is 32.1. The number of fused-ring (bicyclic) bond motifs is 21. The minimum Gasteiger partial charge on any atom is -0.455 e. The molecule has 30 aromatic rings. The number of rotatable bonds is 12. The van der Waals surface area contributed by atoms with Crippen molar-refractivity contribution in [2.24, 2.45) is 0 Å². The van der Waals surface area contributed by atoms with E-state index in [9.17, 15) is 0 Å². The minimum absolute atomic E-state index is 0.470. The van der Waals surface area contributed by atoms with E-state index in [0.717, 1.165) is 193 Å². The van der Waals surface area contributed by atoms with E-state index in [0.29, 0.717) is 63.7 Å². The Labute approximate surface area is 828 Å². The summed E-state index contributed by atoms with van der Waals surface area (Å²) in [4.78, 5) is 60.2. The lowest BCUT2D eigenvalue weighted by atomic mass is 9.96. The van der Waals surface area contributed by atoms with E-state index in [1.54, 1.807) is 0 Å². The first-order valence-corrected chi connectivity index (χ1v) is 49.1. The number of furan rings is 4. The van der Waals surface area contributed by atoms with Crippen molar-refractivity contribution in [2.75, 3.05) is 0 Å². The molecule has 18 aromatic carbocycles. The lowest BCUT2D eigenvalue weighted by molar-refractivity contribution is 0.665. The summed E-state index contributed by atoms with van der Waals surface area (Å²) in [5, 5.41) is 16.0. The van der Waals surface area contributed by atoms with Gasteiger partial charge in [0, 0.05) is 168 Å². The van der Waals surface area contributed by atoms with Gasteiger partial charge in [-0.2, -0.15) is 0 Å². The zero-order valence-corrected chi connectivity index (χ0v) is 78.0. The highest BCUT2D eigenvalue weighted by Gasteiger charge is 2.30. The first kappa shape index (κ1) is 83.1. The van der Waals surface area contributed by atoms with E-state index in [-0.39, 0.29) is 0 Å². The Hall–Kier alpha value is -19.1. The Morgan fingerprint density at radius 3 is 1.08 bits per heavy atom. The molecular formula is C126H72N12O4S2. The zero-order valence-electron chi connectivity index (χ0n) is 76.4. The first-order valence-electron chi connectivity index (χ1n) is 47.4. The van der Waals surface area contributed by atoms with Crippen LogP contribution in [-0.4, -0.2) is 59.8 Å². The van der Waals surface area contributed by atoms with Gasteiger partial charge in [-0.3, -0.25) is 9.97 Å². The molecule has 0 N–H and O–H groups in total. The highest BCUT2D eigenvalue weighted by Crippen LogP contribution is 2.52. The molecule has 12 aromatic heterocycles. The fourth-order valence-corrected chi connectivity index (χ4v) is 22.6. The Morgan fingerprint density at radius 2 is 0.549 bits per heavy atom. The van der Waals surface area contributed by atoms with Crippen LogP contribution in [0.5, 0.6) is 0 Å². The molecule has 0 radical (unpaired) electrons. The van der Waals surface area contributed by atoms with Gasteiger partial charge in [-0.1, -0.05) is 340 Å². The van der Waals surface area contributed by atoms with Crippen LogP contribution in [0.25, 0.3) is 297 Å². The molecule has 12 heterocycles. The third-order valence-electron chi connectivity index (χ3n) is 26.9. The summed E-state index contributed by atoms with van der Waals surface area (Å²) >= 11 is 3.63. The van der Waals surface area contributed by atoms with Crippen LogP contribution in [0.15, 0.2) is 455 Å². The van der Waals surface area contributed by atoms with Gasteiger partial charge in [-0.15, -0.1) is 22.7 Å². The molecule has 0 aliphatic carbocycles. The average Bonchev–Trinajstić information content (AvgIpc) is 1.57. The monoisotopic (exact) mass is 1880 g/mol. The second kappa shape index (κ2) is 34.5. The lowest BCUT2D eigenvalue weighted by Crippen LogP contribution is -2.01. The molecule has 0 saturated heterocycles. The van der Waals surface area contributed by atoms with Crippen LogP contribution < -0.4 is 0 Å². The van der Waals surface area contributed by atoms with Crippen LogP contribution in [0.2, 0.25) is 0 Å². The molecule has 0 atom stereocenters. The molecule has 0 amide bonds. The predicted molar refractivity (Wildman–Crippen MR) is 586 cm³/mol. The predicted octanol–water partition coefficient (Wildman–Crippen LogP) is 33.6. The average molecular weight is 1880 g/mol. The quantitative estimate of drug-likeness (QED) is 0.111. The van der Waals surface area contributed by atoms with E-state index in [4.69, 9.17) is 77.5 Å². The summed E-state index contributed by atoms with van der Waals surface area (Å²) in [6.45, 7) is 0. The van der Waals surface area contributed by atoms with Crippen LogP contribution in [0.4, 0.5) is 0 Å². The van der Waals surface area contributed by atoms with E-state index in [1.807, 2.05) is 272 Å². The highest BCUT2D eigenvalue weighted by molar-refractivity contribution is 7.26. The fraction of sp³-hybridized carbons (Fsp3) is 0. The second-order valence-corrected chi connectivity index (χ2v) is 37.6. The van der Waals surface area contributed by atoms with Gasteiger partial charge < -0.3 is 17.7 Å². The van der Waals surface area contributed by atoms with Crippen molar-refractivity contribution in [3.05, 3.63) is 437 Å². The Balaban J connectivity index is 0.000000105. The number of para-hydroxylation sites is 3. The Bertz CT molecular complexity index is 9290. The molecule has 144 heavy (non-hydrogen) atoms. The lowest BCUT2D eigenvalue weighted by Gasteiger charge is -2.11. The number of nitrogens with zero attached hydrogens (tertiary/aromatic N) is 12. The number of hydrogen-bond donors (Lipinski definition) is 0. The summed E-state index contributed by atoms with van der Waals surface area (Å²) in [6, 6.07) is 144. The largest absolute Gasteiger partial charge is 0.455 e. The summed E-state index contributed by atoms with van der Waals surface area (Å²) < 4.78 is 32.0. The van der Waals surface area contributed by atoms with Crippen LogP contribution in [0.1, 0.15) is 0 Å². The van der Waals surface area contributed by atoms with E-state index in [2.05, 4.69) is 188 Å². The Morgan fingerprint density at radius 1 is 0.188 bits per heavy atom. The topological polar surface area (TPSA) is 207 Å². The number of thiophene rings is 2. The number of hydrogen-bond acceptors (Lipinski definition) is 18. The third-order valence-corrected chi connectivity index (χ3v) is 29.3. The zero-order chi connectivity index (χ0) is 94.8. The maximum absolute atomic E-state index is 6.87. The van der Waals surface area contributed by atoms with Crippen molar-refractivity contribution in [2.45, 2.75) is 0 Å².